The van der Waals surface area contributed by atoms with E-state index in [1.165, 1.54) is 4.68 Å². The topological polar surface area (TPSA) is 131 Å². The number of imidazole rings is 1. The Balaban J connectivity index is 1.66. The minimum absolute atomic E-state index is 0.0205. The van der Waals surface area contributed by atoms with E-state index >= 15 is 0 Å². The zero-order chi connectivity index (χ0) is 26.7. The van der Waals surface area contributed by atoms with Gasteiger partial charge in [0.05, 0.1) is 40.0 Å². The summed E-state index contributed by atoms with van der Waals surface area (Å²) in [4.78, 5) is 32.4. The standard InChI is InChI=1S/C27H27FN6O4/c1-32-13-18(25(28)31-32)23-21(15-6-3-14(4-7-15)5-10-20(36)37)22-24-19(12-29-26(22)30-23)33(2)27(38)34(24)16-8-9-17(35)11-16/h3-4,6-7,12-13,16-17,35H,5,8-11H2,1-2H3,(H,29,30)(H,36,37)/t16-,17-/m0/s1. The summed E-state index contributed by atoms with van der Waals surface area (Å²) in [6, 6.07) is 7.30. The molecule has 11 heteroatoms. The molecule has 5 aromatic rings. The Morgan fingerprint density at radius 1 is 1.21 bits per heavy atom. The number of carboxylic acid groups (broad SMARTS) is 1. The van der Waals surface area contributed by atoms with Gasteiger partial charge in [0.25, 0.3) is 0 Å². The summed E-state index contributed by atoms with van der Waals surface area (Å²) >= 11 is 0. The van der Waals surface area contributed by atoms with Crippen LogP contribution >= 0.6 is 0 Å². The first-order valence-corrected chi connectivity index (χ1v) is 12.5. The maximum atomic E-state index is 15.0. The number of aromatic nitrogens is 6. The molecular weight excluding hydrogens is 491 g/mol. The van der Waals surface area contributed by atoms with E-state index in [-0.39, 0.29) is 23.7 Å². The molecule has 38 heavy (non-hydrogen) atoms. The first kappa shape index (κ1) is 24.1. The molecule has 1 aliphatic rings. The second kappa shape index (κ2) is 8.95. The van der Waals surface area contributed by atoms with Crippen molar-refractivity contribution in [2.45, 2.75) is 44.2 Å². The van der Waals surface area contributed by atoms with E-state index in [2.05, 4.69) is 15.1 Å². The number of hydrogen-bond acceptors (Lipinski definition) is 5. The summed E-state index contributed by atoms with van der Waals surface area (Å²) in [7, 11) is 3.34. The molecule has 0 aliphatic heterocycles. The van der Waals surface area contributed by atoms with Crippen molar-refractivity contribution in [1.29, 1.82) is 0 Å². The van der Waals surface area contributed by atoms with E-state index in [0.717, 1.165) is 11.1 Å². The fraction of sp³-hybridized carbons (Fsp3) is 0.333. The number of halogens is 1. The summed E-state index contributed by atoms with van der Waals surface area (Å²) in [5, 5.41) is 23.8. The summed E-state index contributed by atoms with van der Waals surface area (Å²) in [5.41, 5.74) is 4.67. The van der Waals surface area contributed by atoms with Crippen molar-refractivity contribution in [2.24, 2.45) is 14.1 Å². The zero-order valence-electron chi connectivity index (χ0n) is 21.0. The van der Waals surface area contributed by atoms with Crippen LogP contribution < -0.4 is 5.69 Å². The van der Waals surface area contributed by atoms with Crippen molar-refractivity contribution < 1.29 is 19.4 Å². The van der Waals surface area contributed by atoms with Crippen molar-refractivity contribution in [2.75, 3.05) is 0 Å². The predicted molar refractivity (Wildman–Crippen MR) is 139 cm³/mol. The lowest BCUT2D eigenvalue weighted by molar-refractivity contribution is -0.136. The Labute approximate surface area is 216 Å². The molecule has 10 nitrogen and oxygen atoms in total. The van der Waals surface area contributed by atoms with Crippen LogP contribution in [0.2, 0.25) is 0 Å². The smallest absolute Gasteiger partial charge is 0.329 e. The van der Waals surface area contributed by atoms with Gasteiger partial charge in [0.1, 0.15) is 5.65 Å². The number of aliphatic hydroxyl groups is 1. The summed E-state index contributed by atoms with van der Waals surface area (Å²) < 4.78 is 19.7. The molecule has 196 valence electrons. The van der Waals surface area contributed by atoms with Gasteiger partial charge in [-0.2, -0.15) is 4.39 Å². The van der Waals surface area contributed by atoms with Crippen LogP contribution in [0, 0.1) is 5.95 Å². The molecule has 0 amide bonds. The highest BCUT2D eigenvalue weighted by Gasteiger charge is 2.31. The van der Waals surface area contributed by atoms with Gasteiger partial charge in [0.15, 0.2) is 0 Å². The third kappa shape index (κ3) is 3.81. The molecule has 1 aromatic carbocycles. The first-order valence-electron chi connectivity index (χ1n) is 12.5. The van der Waals surface area contributed by atoms with Crippen molar-refractivity contribution in [3.8, 4) is 22.4 Å². The molecule has 2 atom stereocenters. The molecule has 1 fully saturated rings. The Hall–Kier alpha value is -4.25. The minimum atomic E-state index is -0.868. The summed E-state index contributed by atoms with van der Waals surface area (Å²) in [5.74, 6) is -1.51. The number of H-pyrrole nitrogens is 1. The van der Waals surface area contributed by atoms with Crippen LogP contribution in [0.15, 0.2) is 41.5 Å². The van der Waals surface area contributed by atoms with Crippen molar-refractivity contribution in [3.63, 3.8) is 0 Å². The number of nitrogens with one attached hydrogen (secondary N) is 1. The van der Waals surface area contributed by atoms with Crippen LogP contribution in [0.4, 0.5) is 4.39 Å². The van der Waals surface area contributed by atoms with E-state index < -0.39 is 18.0 Å². The highest BCUT2D eigenvalue weighted by atomic mass is 19.1. The van der Waals surface area contributed by atoms with Crippen LogP contribution in [0.1, 0.15) is 37.3 Å². The van der Waals surface area contributed by atoms with Crippen molar-refractivity contribution in [1.82, 2.24) is 28.9 Å². The maximum absolute atomic E-state index is 15.0. The van der Waals surface area contributed by atoms with Crippen LogP contribution in [0.5, 0.6) is 0 Å². The van der Waals surface area contributed by atoms with E-state index in [1.54, 1.807) is 35.6 Å². The van der Waals surface area contributed by atoms with E-state index in [4.69, 9.17) is 5.11 Å². The van der Waals surface area contributed by atoms with Crippen LogP contribution in [0.3, 0.4) is 0 Å². The fourth-order valence-corrected chi connectivity index (χ4v) is 5.70. The van der Waals surface area contributed by atoms with Gasteiger partial charge >= 0.3 is 11.7 Å². The SMILES string of the molecule is Cn1cc(-c2[nH]c3ncc4c(c3c2-c2ccc(CCC(=O)O)cc2)n([C@H]2CC[C@H](O)C2)c(=O)n4C)c(F)n1. The van der Waals surface area contributed by atoms with E-state index in [9.17, 15) is 19.1 Å². The average Bonchev–Trinajstić information content (AvgIpc) is 3.62. The van der Waals surface area contributed by atoms with E-state index in [1.807, 2.05) is 24.3 Å². The lowest BCUT2D eigenvalue weighted by Crippen LogP contribution is -2.25. The Kier molecular flexibility index (Phi) is 5.68. The highest BCUT2D eigenvalue weighted by Crippen LogP contribution is 2.43. The lowest BCUT2D eigenvalue weighted by atomic mass is 9.97. The van der Waals surface area contributed by atoms with Crippen molar-refractivity contribution >= 4 is 28.0 Å². The predicted octanol–water partition coefficient (Wildman–Crippen LogP) is 3.53. The van der Waals surface area contributed by atoms with Crippen LogP contribution in [-0.2, 0) is 25.3 Å². The number of pyridine rings is 1. The molecule has 3 N–H and O–H groups in total. The Morgan fingerprint density at radius 3 is 2.61 bits per heavy atom. The van der Waals surface area contributed by atoms with Crippen LogP contribution in [-0.4, -0.2) is 51.2 Å². The van der Waals surface area contributed by atoms with Gasteiger partial charge in [-0.3, -0.25) is 18.6 Å². The third-order valence-corrected chi connectivity index (χ3v) is 7.54. The molecular formula is C27H27FN6O4. The number of aliphatic hydroxyl groups excluding tert-OH is 1. The molecule has 0 saturated heterocycles. The normalized spacial score (nSPS) is 17.7. The number of hydrogen-bond donors (Lipinski definition) is 3. The maximum Gasteiger partial charge on any atom is 0.329 e. The van der Waals surface area contributed by atoms with Gasteiger partial charge in [-0.15, -0.1) is 5.10 Å². The highest BCUT2D eigenvalue weighted by molar-refractivity contribution is 6.14. The average molecular weight is 519 g/mol. The Bertz CT molecular complexity index is 1760. The third-order valence-electron chi connectivity index (χ3n) is 7.54. The fourth-order valence-electron chi connectivity index (χ4n) is 5.70. The van der Waals surface area contributed by atoms with Gasteiger partial charge in [-0.25, -0.2) is 9.78 Å². The number of rotatable bonds is 6. The summed E-state index contributed by atoms with van der Waals surface area (Å²) in [6.07, 6.45) is 4.94. The molecule has 0 radical (unpaired) electrons. The molecule has 0 bridgehead atoms. The second-order valence-corrected chi connectivity index (χ2v) is 10.0. The van der Waals surface area contributed by atoms with Gasteiger partial charge in [-0.1, -0.05) is 24.3 Å². The zero-order valence-corrected chi connectivity index (χ0v) is 21.0. The number of aromatic amines is 1. The molecule has 0 unspecified atom stereocenters. The molecule has 1 aliphatic carbocycles. The second-order valence-electron chi connectivity index (χ2n) is 10.0. The number of aliphatic carboxylic acids is 1. The van der Waals surface area contributed by atoms with Crippen molar-refractivity contribution in [3.05, 3.63) is 58.7 Å². The minimum Gasteiger partial charge on any atom is -0.481 e. The van der Waals surface area contributed by atoms with Gasteiger partial charge in [0.2, 0.25) is 5.95 Å². The Morgan fingerprint density at radius 2 is 1.97 bits per heavy atom. The summed E-state index contributed by atoms with van der Waals surface area (Å²) in [6.45, 7) is 0. The molecule has 4 aromatic heterocycles. The number of fused-ring (bicyclic) bond motifs is 3. The molecule has 1 saturated carbocycles. The number of benzene rings is 1. The number of carboxylic acids is 1. The largest absolute Gasteiger partial charge is 0.481 e. The lowest BCUT2D eigenvalue weighted by Gasteiger charge is -2.13. The monoisotopic (exact) mass is 518 g/mol. The van der Waals surface area contributed by atoms with Gasteiger partial charge in [0, 0.05) is 38.3 Å². The number of aryl methyl sites for hydroxylation is 3. The quantitative estimate of drug-likeness (QED) is 0.315. The number of nitrogens with zero attached hydrogens (tertiary/aromatic N) is 5. The van der Waals surface area contributed by atoms with Gasteiger partial charge in [-0.05, 0) is 36.8 Å². The molecule has 4 heterocycles. The van der Waals surface area contributed by atoms with E-state index in [0.29, 0.717) is 59.0 Å². The number of carbonyl (C=O) groups is 1. The molecule has 6 rings (SSSR count). The van der Waals surface area contributed by atoms with Gasteiger partial charge < -0.3 is 15.2 Å². The molecule has 0 spiro atoms. The van der Waals surface area contributed by atoms with Crippen LogP contribution in [0.25, 0.3) is 44.5 Å². The first-order chi connectivity index (χ1) is 18.2.